The molecule has 0 saturated carbocycles. The first-order valence-corrected chi connectivity index (χ1v) is 5.94. The number of rotatable bonds is 7. The van der Waals surface area contributed by atoms with Gasteiger partial charge in [-0.05, 0) is 26.3 Å². The first-order valence-electron chi connectivity index (χ1n) is 5.94. The van der Waals surface area contributed by atoms with Crippen molar-refractivity contribution in [3.05, 3.63) is 5.89 Å². The lowest BCUT2D eigenvalue weighted by Crippen LogP contribution is -2.33. The predicted molar refractivity (Wildman–Crippen MR) is 64.3 cm³/mol. The second kappa shape index (κ2) is 5.84. The van der Waals surface area contributed by atoms with Gasteiger partial charge in [0.25, 0.3) is 0 Å². The molecule has 0 atom stereocenters. The van der Waals surface area contributed by atoms with E-state index >= 15 is 0 Å². The molecular formula is C11H22N4O. The van der Waals surface area contributed by atoms with E-state index in [9.17, 15) is 0 Å². The molecule has 16 heavy (non-hydrogen) atoms. The summed E-state index contributed by atoms with van der Waals surface area (Å²) >= 11 is 0. The van der Waals surface area contributed by atoms with E-state index in [0.29, 0.717) is 18.5 Å². The molecule has 0 radical (unpaired) electrons. The zero-order valence-electron chi connectivity index (χ0n) is 10.6. The van der Waals surface area contributed by atoms with E-state index in [2.05, 4.69) is 41.6 Å². The molecule has 0 aliphatic heterocycles. The molecule has 0 fully saturated rings. The summed E-state index contributed by atoms with van der Waals surface area (Å²) in [5, 5.41) is 14.4. The summed E-state index contributed by atoms with van der Waals surface area (Å²) in [5.74, 6) is 0.624. The van der Waals surface area contributed by atoms with Gasteiger partial charge in [0, 0.05) is 5.54 Å². The van der Waals surface area contributed by atoms with E-state index in [1.807, 2.05) is 6.92 Å². The Morgan fingerprint density at radius 1 is 1.19 bits per heavy atom. The molecule has 1 rings (SSSR count). The van der Waals surface area contributed by atoms with Gasteiger partial charge in [0.1, 0.15) is 0 Å². The number of hydrogen-bond acceptors (Lipinski definition) is 5. The Kier molecular flexibility index (Phi) is 4.73. The average molecular weight is 226 g/mol. The molecule has 0 spiro atoms. The van der Waals surface area contributed by atoms with Crippen molar-refractivity contribution in [3.63, 3.8) is 0 Å². The van der Waals surface area contributed by atoms with E-state index in [1.165, 1.54) is 0 Å². The Hall–Kier alpha value is -1.10. The molecule has 0 aromatic carbocycles. The van der Waals surface area contributed by atoms with Gasteiger partial charge in [0.05, 0.1) is 6.54 Å². The summed E-state index contributed by atoms with van der Waals surface area (Å²) < 4.78 is 5.49. The highest BCUT2D eigenvalue weighted by molar-refractivity contribution is 5.23. The largest absolute Gasteiger partial charge is 0.407 e. The van der Waals surface area contributed by atoms with E-state index in [1.54, 1.807) is 0 Å². The summed E-state index contributed by atoms with van der Waals surface area (Å²) in [6.07, 6.45) is 2.04. The van der Waals surface area contributed by atoms with E-state index in [-0.39, 0.29) is 5.54 Å². The smallest absolute Gasteiger partial charge is 0.315 e. The molecule has 0 amide bonds. The summed E-state index contributed by atoms with van der Waals surface area (Å²) in [6, 6.07) is 0.513. The van der Waals surface area contributed by atoms with Crippen molar-refractivity contribution in [1.82, 2.24) is 15.5 Å². The van der Waals surface area contributed by atoms with Crippen molar-refractivity contribution >= 4 is 6.01 Å². The molecule has 1 aromatic heterocycles. The van der Waals surface area contributed by atoms with Crippen molar-refractivity contribution in [3.8, 4) is 0 Å². The molecule has 92 valence electrons. The highest BCUT2D eigenvalue weighted by atomic mass is 16.4. The maximum absolute atomic E-state index is 5.49. The number of nitrogens with one attached hydrogen (secondary N) is 2. The third kappa shape index (κ3) is 3.48. The fourth-order valence-corrected chi connectivity index (χ4v) is 1.29. The summed E-state index contributed by atoms with van der Waals surface area (Å²) in [5.41, 5.74) is 0.0298. The zero-order valence-corrected chi connectivity index (χ0v) is 10.6. The topological polar surface area (TPSA) is 63.0 Å². The van der Waals surface area contributed by atoms with Crippen molar-refractivity contribution < 1.29 is 4.42 Å². The summed E-state index contributed by atoms with van der Waals surface area (Å²) in [7, 11) is 0. The van der Waals surface area contributed by atoms with E-state index in [0.717, 1.165) is 19.4 Å². The van der Waals surface area contributed by atoms with Crippen molar-refractivity contribution in [1.29, 1.82) is 0 Å². The summed E-state index contributed by atoms with van der Waals surface area (Å²) in [4.78, 5) is 0. The fraction of sp³-hybridized carbons (Fsp3) is 0.818. The third-order valence-corrected chi connectivity index (χ3v) is 2.96. The molecule has 0 unspecified atom stereocenters. The third-order valence-electron chi connectivity index (χ3n) is 2.96. The lowest BCUT2D eigenvalue weighted by Gasteiger charge is -2.26. The minimum Gasteiger partial charge on any atom is -0.407 e. The fourth-order valence-electron chi connectivity index (χ4n) is 1.29. The second-order valence-electron chi connectivity index (χ2n) is 4.17. The Balaban J connectivity index is 2.57. The maximum atomic E-state index is 5.49. The predicted octanol–water partition coefficient (Wildman–Crippen LogP) is 2.17. The van der Waals surface area contributed by atoms with Crippen LogP contribution < -0.4 is 10.6 Å². The van der Waals surface area contributed by atoms with Crippen LogP contribution in [0.2, 0.25) is 0 Å². The number of anilines is 1. The highest BCUT2D eigenvalue weighted by Gasteiger charge is 2.21. The molecule has 0 aliphatic carbocycles. The van der Waals surface area contributed by atoms with Crippen LogP contribution in [0.3, 0.4) is 0 Å². The first-order chi connectivity index (χ1) is 7.63. The van der Waals surface area contributed by atoms with Gasteiger partial charge in [-0.2, -0.15) is 0 Å². The van der Waals surface area contributed by atoms with Crippen molar-refractivity contribution in [2.24, 2.45) is 0 Å². The van der Waals surface area contributed by atoms with Crippen LogP contribution in [0.1, 0.15) is 46.4 Å². The number of hydrogen-bond donors (Lipinski definition) is 2. The minimum absolute atomic E-state index is 0.0298. The van der Waals surface area contributed by atoms with Crippen LogP contribution in [0.25, 0.3) is 0 Å². The first kappa shape index (κ1) is 13.0. The Bertz CT molecular complexity index is 307. The lowest BCUT2D eigenvalue weighted by molar-refractivity contribution is 0.432. The maximum Gasteiger partial charge on any atom is 0.315 e. The summed E-state index contributed by atoms with van der Waals surface area (Å²) in [6.45, 7) is 10.0. The number of aromatic nitrogens is 2. The molecule has 0 bridgehead atoms. The van der Waals surface area contributed by atoms with Crippen LogP contribution in [0.15, 0.2) is 4.42 Å². The molecule has 5 nitrogen and oxygen atoms in total. The van der Waals surface area contributed by atoms with Crippen LogP contribution in [-0.2, 0) is 6.54 Å². The van der Waals surface area contributed by atoms with Gasteiger partial charge in [0.2, 0.25) is 5.89 Å². The van der Waals surface area contributed by atoms with E-state index < -0.39 is 0 Å². The van der Waals surface area contributed by atoms with Crippen LogP contribution in [0.5, 0.6) is 0 Å². The standard InChI is InChI=1S/C11H22N4O/c1-5-11(4,6-2)13-10-15-14-9(16-10)8-12-7-3/h12H,5-8H2,1-4H3,(H,13,15). The Morgan fingerprint density at radius 3 is 2.44 bits per heavy atom. The zero-order chi connectivity index (χ0) is 12.0. The van der Waals surface area contributed by atoms with Crippen LogP contribution in [0.4, 0.5) is 6.01 Å². The lowest BCUT2D eigenvalue weighted by atomic mass is 9.96. The van der Waals surface area contributed by atoms with Gasteiger partial charge in [-0.3, -0.25) is 0 Å². The molecular weight excluding hydrogens is 204 g/mol. The van der Waals surface area contributed by atoms with Crippen molar-refractivity contribution in [2.45, 2.75) is 52.6 Å². The quantitative estimate of drug-likeness (QED) is 0.746. The van der Waals surface area contributed by atoms with E-state index in [4.69, 9.17) is 4.42 Å². The molecule has 5 heteroatoms. The van der Waals surface area contributed by atoms with Gasteiger partial charge in [-0.15, -0.1) is 5.10 Å². The van der Waals surface area contributed by atoms with Gasteiger partial charge in [-0.1, -0.05) is 25.9 Å². The van der Waals surface area contributed by atoms with Crippen molar-refractivity contribution in [2.75, 3.05) is 11.9 Å². The number of nitrogens with zero attached hydrogens (tertiary/aromatic N) is 2. The second-order valence-corrected chi connectivity index (χ2v) is 4.17. The molecule has 1 aromatic rings. The van der Waals surface area contributed by atoms with Gasteiger partial charge < -0.3 is 15.1 Å². The van der Waals surface area contributed by atoms with Crippen LogP contribution in [0, 0.1) is 0 Å². The average Bonchev–Trinajstić information content (AvgIpc) is 2.73. The van der Waals surface area contributed by atoms with Gasteiger partial charge in [-0.25, -0.2) is 0 Å². The molecule has 1 heterocycles. The minimum atomic E-state index is 0.0298. The highest BCUT2D eigenvalue weighted by Crippen LogP contribution is 2.20. The Labute approximate surface area is 97.0 Å². The Morgan fingerprint density at radius 2 is 1.88 bits per heavy atom. The van der Waals surface area contributed by atoms with Crippen LogP contribution in [-0.4, -0.2) is 22.3 Å². The molecule has 0 saturated heterocycles. The monoisotopic (exact) mass is 226 g/mol. The SMILES string of the molecule is CCNCc1nnc(NC(C)(CC)CC)o1. The van der Waals surface area contributed by atoms with Gasteiger partial charge >= 0.3 is 6.01 Å². The molecule has 0 aliphatic rings. The van der Waals surface area contributed by atoms with Gasteiger partial charge in [0.15, 0.2) is 0 Å². The molecule has 2 N–H and O–H groups in total. The normalized spacial score (nSPS) is 11.8. The van der Waals surface area contributed by atoms with Crippen LogP contribution >= 0.6 is 0 Å².